The van der Waals surface area contributed by atoms with Crippen molar-refractivity contribution in [3.63, 3.8) is 0 Å². The molecule has 2 heterocycles. The largest absolute Gasteiger partial charge is 0.338 e. The highest BCUT2D eigenvalue weighted by atomic mass is 32.2. The van der Waals surface area contributed by atoms with Gasteiger partial charge >= 0.3 is 0 Å². The molecule has 94 valence electrons. The van der Waals surface area contributed by atoms with Gasteiger partial charge in [-0.2, -0.15) is 0 Å². The maximum absolute atomic E-state index is 12.2. The Morgan fingerprint density at radius 1 is 1.21 bits per heavy atom. The van der Waals surface area contributed by atoms with Gasteiger partial charge in [-0.3, -0.25) is 9.78 Å². The lowest BCUT2D eigenvalue weighted by Gasteiger charge is -2.12. The van der Waals surface area contributed by atoms with E-state index in [-0.39, 0.29) is 5.78 Å². The predicted molar refractivity (Wildman–Crippen MR) is 77.4 cm³/mol. The molecule has 1 aliphatic rings. The van der Waals surface area contributed by atoms with E-state index in [0.29, 0.717) is 5.56 Å². The number of para-hydroxylation sites is 1. The zero-order valence-corrected chi connectivity index (χ0v) is 11.2. The van der Waals surface area contributed by atoms with Crippen LogP contribution in [-0.4, -0.2) is 17.8 Å². The van der Waals surface area contributed by atoms with Gasteiger partial charge in [0.05, 0.1) is 10.7 Å². The number of hydrogen-bond acceptors (Lipinski definition) is 4. The standard InChI is InChI=1S/C15H12N2OS/c1-17-12-4-2-3-5-14(12)19-15(17)10-13(18)11-6-8-16-9-7-11/h2-10H,1H3/b15-10-. The quantitative estimate of drug-likeness (QED) is 0.618. The second kappa shape index (κ2) is 4.90. The van der Waals surface area contributed by atoms with Crippen LogP contribution in [0.15, 0.2) is 64.8 Å². The van der Waals surface area contributed by atoms with Crippen molar-refractivity contribution in [1.29, 1.82) is 0 Å². The molecular weight excluding hydrogens is 256 g/mol. The molecule has 2 aromatic rings. The molecular formula is C15H12N2OS. The Balaban J connectivity index is 1.89. The van der Waals surface area contributed by atoms with Crippen LogP contribution >= 0.6 is 11.8 Å². The van der Waals surface area contributed by atoms with Crippen molar-refractivity contribution in [2.45, 2.75) is 4.90 Å². The molecule has 4 heteroatoms. The van der Waals surface area contributed by atoms with Crippen molar-refractivity contribution in [3.05, 3.63) is 65.5 Å². The van der Waals surface area contributed by atoms with Crippen LogP contribution in [0.25, 0.3) is 0 Å². The van der Waals surface area contributed by atoms with Crippen molar-refractivity contribution < 1.29 is 4.79 Å². The lowest BCUT2D eigenvalue weighted by atomic mass is 10.2. The maximum Gasteiger partial charge on any atom is 0.188 e. The highest BCUT2D eigenvalue weighted by Gasteiger charge is 2.22. The summed E-state index contributed by atoms with van der Waals surface area (Å²) in [5, 5.41) is 0.947. The second-order valence-corrected chi connectivity index (χ2v) is 5.27. The lowest BCUT2D eigenvalue weighted by Crippen LogP contribution is -2.11. The van der Waals surface area contributed by atoms with Crippen LogP contribution in [0.4, 0.5) is 5.69 Å². The van der Waals surface area contributed by atoms with E-state index < -0.39 is 0 Å². The summed E-state index contributed by atoms with van der Waals surface area (Å²) in [5.74, 6) is 0.00422. The summed E-state index contributed by atoms with van der Waals surface area (Å²) in [6.45, 7) is 0. The smallest absolute Gasteiger partial charge is 0.188 e. The molecule has 1 aromatic heterocycles. The average Bonchev–Trinajstić information content (AvgIpc) is 2.77. The molecule has 1 aromatic carbocycles. The fourth-order valence-electron chi connectivity index (χ4n) is 1.96. The number of aromatic nitrogens is 1. The zero-order valence-electron chi connectivity index (χ0n) is 10.4. The number of hydrogen-bond donors (Lipinski definition) is 0. The van der Waals surface area contributed by atoms with Gasteiger partial charge in [-0.25, -0.2) is 0 Å². The SMILES string of the molecule is CN1/C(=C/C(=O)c2ccncc2)Sc2ccccc21. The normalized spacial score (nSPS) is 15.6. The molecule has 0 spiro atoms. The minimum absolute atomic E-state index is 0.00422. The van der Waals surface area contributed by atoms with Crippen LogP contribution in [0.2, 0.25) is 0 Å². The number of anilines is 1. The summed E-state index contributed by atoms with van der Waals surface area (Å²) >= 11 is 1.62. The lowest BCUT2D eigenvalue weighted by molar-refractivity contribution is 0.104. The highest BCUT2D eigenvalue weighted by molar-refractivity contribution is 8.03. The molecule has 0 radical (unpaired) electrons. The number of ketones is 1. The van der Waals surface area contributed by atoms with Gasteiger partial charge in [-0.05, 0) is 24.3 Å². The minimum atomic E-state index is 0.00422. The first-order valence-corrected chi connectivity index (χ1v) is 6.74. The maximum atomic E-state index is 12.2. The van der Waals surface area contributed by atoms with E-state index in [1.807, 2.05) is 24.1 Å². The van der Waals surface area contributed by atoms with Crippen molar-refractivity contribution >= 4 is 23.2 Å². The third-order valence-electron chi connectivity index (χ3n) is 2.99. The number of thioether (sulfide) groups is 1. The van der Waals surface area contributed by atoms with Gasteiger partial charge in [0, 0.05) is 36.0 Å². The van der Waals surface area contributed by atoms with Crippen molar-refractivity contribution in [2.24, 2.45) is 0 Å². The fraction of sp³-hybridized carbons (Fsp3) is 0.0667. The Morgan fingerprint density at radius 2 is 1.95 bits per heavy atom. The second-order valence-electron chi connectivity index (χ2n) is 4.21. The summed E-state index contributed by atoms with van der Waals surface area (Å²) in [6.07, 6.45) is 4.94. The summed E-state index contributed by atoms with van der Waals surface area (Å²) in [4.78, 5) is 19.3. The molecule has 19 heavy (non-hydrogen) atoms. The molecule has 0 aliphatic carbocycles. The van der Waals surface area contributed by atoms with Crippen molar-refractivity contribution in [3.8, 4) is 0 Å². The highest BCUT2D eigenvalue weighted by Crippen LogP contribution is 2.44. The first-order valence-electron chi connectivity index (χ1n) is 5.92. The first-order chi connectivity index (χ1) is 9.25. The van der Waals surface area contributed by atoms with Crippen LogP contribution in [0.3, 0.4) is 0 Å². The molecule has 1 aliphatic heterocycles. The van der Waals surface area contributed by atoms with Gasteiger partial charge in [0.25, 0.3) is 0 Å². The van der Waals surface area contributed by atoms with E-state index in [1.54, 1.807) is 42.4 Å². The Hall–Kier alpha value is -2.07. The third-order valence-corrected chi connectivity index (χ3v) is 4.16. The van der Waals surface area contributed by atoms with Gasteiger partial charge in [0.2, 0.25) is 0 Å². The number of allylic oxidation sites excluding steroid dienone is 1. The van der Waals surface area contributed by atoms with E-state index in [2.05, 4.69) is 17.1 Å². The number of benzene rings is 1. The molecule has 0 fully saturated rings. The zero-order chi connectivity index (χ0) is 13.2. The number of fused-ring (bicyclic) bond motifs is 1. The van der Waals surface area contributed by atoms with Gasteiger partial charge < -0.3 is 4.90 Å². The Bertz CT molecular complexity index is 652. The van der Waals surface area contributed by atoms with E-state index in [9.17, 15) is 4.79 Å². The van der Waals surface area contributed by atoms with Gasteiger partial charge in [-0.1, -0.05) is 23.9 Å². The topological polar surface area (TPSA) is 33.2 Å². The van der Waals surface area contributed by atoms with Crippen LogP contribution in [0.1, 0.15) is 10.4 Å². The summed E-state index contributed by atoms with van der Waals surface area (Å²) in [6, 6.07) is 11.6. The Labute approximate surface area is 116 Å². The summed E-state index contributed by atoms with van der Waals surface area (Å²) in [7, 11) is 1.98. The van der Waals surface area contributed by atoms with Crippen molar-refractivity contribution in [1.82, 2.24) is 4.98 Å². The van der Waals surface area contributed by atoms with E-state index in [4.69, 9.17) is 0 Å². The van der Waals surface area contributed by atoms with Crippen LogP contribution in [-0.2, 0) is 0 Å². The van der Waals surface area contributed by atoms with E-state index in [0.717, 1.165) is 10.7 Å². The van der Waals surface area contributed by atoms with Crippen LogP contribution < -0.4 is 4.90 Å². The number of nitrogens with zero attached hydrogens (tertiary/aromatic N) is 2. The van der Waals surface area contributed by atoms with Gasteiger partial charge in [-0.15, -0.1) is 0 Å². The molecule has 0 saturated heterocycles. The third kappa shape index (κ3) is 2.27. The number of carbonyl (C=O) groups is 1. The van der Waals surface area contributed by atoms with Crippen LogP contribution in [0, 0.1) is 0 Å². The van der Waals surface area contributed by atoms with Crippen molar-refractivity contribution in [2.75, 3.05) is 11.9 Å². The van der Waals surface area contributed by atoms with Gasteiger partial charge in [0.1, 0.15) is 0 Å². The monoisotopic (exact) mass is 268 g/mol. The predicted octanol–water partition coefficient (Wildman–Crippen LogP) is 3.35. The molecule has 0 N–H and O–H groups in total. The summed E-state index contributed by atoms with van der Waals surface area (Å²) in [5.41, 5.74) is 1.80. The fourth-order valence-corrected chi connectivity index (χ4v) is 3.04. The molecule has 0 atom stereocenters. The molecule has 3 rings (SSSR count). The molecule has 3 nitrogen and oxygen atoms in total. The first kappa shape index (κ1) is 12.0. The van der Waals surface area contributed by atoms with Gasteiger partial charge in [0.15, 0.2) is 5.78 Å². The number of carbonyl (C=O) groups excluding carboxylic acids is 1. The average molecular weight is 268 g/mol. The molecule has 0 saturated carbocycles. The Kier molecular flexibility index (Phi) is 3.09. The Morgan fingerprint density at radius 3 is 2.68 bits per heavy atom. The molecule has 0 bridgehead atoms. The van der Waals surface area contributed by atoms with E-state index >= 15 is 0 Å². The minimum Gasteiger partial charge on any atom is -0.338 e. The summed E-state index contributed by atoms with van der Waals surface area (Å²) < 4.78 is 0. The number of pyridine rings is 1. The van der Waals surface area contributed by atoms with E-state index in [1.165, 1.54) is 4.90 Å². The molecule has 0 amide bonds. The van der Waals surface area contributed by atoms with Crippen LogP contribution in [0.5, 0.6) is 0 Å². The number of rotatable bonds is 2. The molecule has 0 unspecified atom stereocenters.